The van der Waals surface area contributed by atoms with Gasteiger partial charge in [0.1, 0.15) is 11.4 Å². The maximum Gasteiger partial charge on any atom is 0.329 e. The summed E-state index contributed by atoms with van der Waals surface area (Å²) in [7, 11) is 0. The van der Waals surface area contributed by atoms with Gasteiger partial charge in [-0.3, -0.25) is 4.90 Å². The number of amides is 2. The number of benzene rings is 2. The van der Waals surface area contributed by atoms with Gasteiger partial charge in [-0.1, -0.05) is 36.4 Å². The van der Waals surface area contributed by atoms with Crippen LogP contribution >= 0.6 is 11.8 Å². The number of carbonyl (C=O) groups is 2. The summed E-state index contributed by atoms with van der Waals surface area (Å²) < 4.78 is 5.16. The van der Waals surface area contributed by atoms with Crippen molar-refractivity contribution in [3.05, 3.63) is 65.7 Å². The first-order valence-electron chi connectivity index (χ1n) is 8.56. The van der Waals surface area contributed by atoms with Crippen LogP contribution < -0.4 is 5.32 Å². The number of urea groups is 1. The highest BCUT2D eigenvalue weighted by Crippen LogP contribution is 2.42. The van der Waals surface area contributed by atoms with Crippen LogP contribution in [-0.2, 0) is 9.53 Å². The second-order valence-corrected chi connectivity index (χ2v) is 7.01. The lowest BCUT2D eigenvalue weighted by Crippen LogP contribution is -2.45. The van der Waals surface area contributed by atoms with Crippen LogP contribution in [0.1, 0.15) is 23.4 Å². The zero-order valence-corrected chi connectivity index (χ0v) is 15.6. The van der Waals surface area contributed by atoms with E-state index in [9.17, 15) is 9.59 Å². The Balaban J connectivity index is 1.88. The van der Waals surface area contributed by atoms with E-state index in [4.69, 9.17) is 10.00 Å². The van der Waals surface area contributed by atoms with Gasteiger partial charge in [0.15, 0.2) is 0 Å². The molecule has 2 amide bonds. The second kappa shape index (κ2) is 8.60. The van der Waals surface area contributed by atoms with E-state index in [2.05, 4.69) is 5.32 Å². The Labute approximate surface area is 162 Å². The number of ether oxygens (including phenoxy) is 1. The number of anilines is 1. The van der Waals surface area contributed by atoms with E-state index in [0.29, 0.717) is 17.0 Å². The predicted molar refractivity (Wildman–Crippen MR) is 104 cm³/mol. The Bertz CT molecular complexity index is 866. The first-order chi connectivity index (χ1) is 13.1. The summed E-state index contributed by atoms with van der Waals surface area (Å²) in [6.07, 6.45) is 0. The summed E-state index contributed by atoms with van der Waals surface area (Å²) in [6.45, 7) is 2.00. The minimum atomic E-state index is -0.667. The molecule has 0 radical (unpaired) electrons. The van der Waals surface area contributed by atoms with Crippen molar-refractivity contribution in [1.29, 1.82) is 5.26 Å². The van der Waals surface area contributed by atoms with E-state index in [-0.39, 0.29) is 12.0 Å². The van der Waals surface area contributed by atoms with Gasteiger partial charge in [0.2, 0.25) is 0 Å². The van der Waals surface area contributed by atoms with Crippen LogP contribution in [0.15, 0.2) is 54.6 Å². The lowest BCUT2D eigenvalue weighted by molar-refractivity contribution is -0.147. The van der Waals surface area contributed by atoms with Gasteiger partial charge >= 0.3 is 12.0 Å². The Morgan fingerprint density at radius 1 is 1.26 bits per heavy atom. The monoisotopic (exact) mass is 381 g/mol. The van der Waals surface area contributed by atoms with Crippen molar-refractivity contribution in [2.75, 3.05) is 17.7 Å². The molecule has 6 nitrogen and oxygen atoms in total. The molecule has 1 aliphatic heterocycles. The summed E-state index contributed by atoms with van der Waals surface area (Å²) in [5.41, 5.74) is 1.89. The van der Waals surface area contributed by atoms with Crippen molar-refractivity contribution in [2.24, 2.45) is 0 Å². The molecule has 3 rings (SSSR count). The van der Waals surface area contributed by atoms with Gasteiger partial charge in [-0.15, -0.1) is 11.8 Å². The zero-order chi connectivity index (χ0) is 19.2. The zero-order valence-electron chi connectivity index (χ0n) is 14.8. The molecular weight excluding hydrogens is 362 g/mol. The van der Waals surface area contributed by atoms with Gasteiger partial charge in [-0.2, -0.15) is 5.26 Å². The van der Waals surface area contributed by atoms with Crippen molar-refractivity contribution >= 4 is 29.4 Å². The Morgan fingerprint density at radius 3 is 2.74 bits per heavy atom. The van der Waals surface area contributed by atoms with Crippen molar-refractivity contribution in [1.82, 2.24) is 4.90 Å². The van der Waals surface area contributed by atoms with Crippen molar-refractivity contribution in [3.8, 4) is 6.07 Å². The molecule has 2 unspecified atom stereocenters. The molecule has 27 heavy (non-hydrogen) atoms. The molecule has 0 aromatic heterocycles. The fourth-order valence-corrected chi connectivity index (χ4v) is 4.32. The van der Waals surface area contributed by atoms with Crippen molar-refractivity contribution < 1.29 is 14.3 Å². The van der Waals surface area contributed by atoms with Crippen LogP contribution in [0.25, 0.3) is 0 Å². The fourth-order valence-electron chi connectivity index (χ4n) is 2.90. The molecule has 2 aromatic rings. The molecule has 1 N–H and O–H groups in total. The molecule has 1 fully saturated rings. The number of nitrogens with one attached hydrogen (secondary N) is 1. The molecule has 7 heteroatoms. The van der Waals surface area contributed by atoms with E-state index in [1.54, 1.807) is 31.2 Å². The van der Waals surface area contributed by atoms with Gasteiger partial charge in [-0.25, -0.2) is 9.59 Å². The molecule has 1 saturated heterocycles. The lowest BCUT2D eigenvalue weighted by Gasteiger charge is -2.28. The third-order valence-corrected chi connectivity index (χ3v) is 5.44. The third kappa shape index (κ3) is 4.23. The number of esters is 1. The molecule has 0 aliphatic carbocycles. The normalized spacial score (nSPS) is 18.6. The molecule has 2 atom stereocenters. The molecule has 0 saturated carbocycles. The number of thioether (sulfide) groups is 1. The third-order valence-electron chi connectivity index (χ3n) is 4.12. The average Bonchev–Trinajstić information content (AvgIpc) is 3.14. The Hall–Kier alpha value is -2.98. The number of rotatable bonds is 4. The smallest absolute Gasteiger partial charge is 0.329 e. The number of nitriles is 1. The Kier molecular flexibility index (Phi) is 5.99. The maximum absolute atomic E-state index is 13.0. The lowest BCUT2D eigenvalue weighted by atomic mass is 10.2. The summed E-state index contributed by atoms with van der Waals surface area (Å²) in [5, 5.41) is 11.5. The SMILES string of the molecule is CCOC(=O)C1CSC(c2ccccc2)N1C(=O)Nc1cccc(C#N)c1. The van der Waals surface area contributed by atoms with Crippen LogP contribution in [0.4, 0.5) is 10.5 Å². The molecular formula is C20H19N3O3S. The summed E-state index contributed by atoms with van der Waals surface area (Å²) >= 11 is 1.52. The van der Waals surface area contributed by atoms with Gasteiger partial charge in [0.05, 0.1) is 18.2 Å². The van der Waals surface area contributed by atoms with Crippen LogP contribution in [0.3, 0.4) is 0 Å². The van der Waals surface area contributed by atoms with Crippen molar-refractivity contribution in [2.45, 2.75) is 18.3 Å². The summed E-state index contributed by atoms with van der Waals surface area (Å²) in [6, 6.07) is 17.2. The van der Waals surface area contributed by atoms with E-state index in [0.717, 1.165) is 5.56 Å². The maximum atomic E-state index is 13.0. The van der Waals surface area contributed by atoms with E-state index >= 15 is 0 Å². The highest BCUT2D eigenvalue weighted by molar-refractivity contribution is 7.99. The number of nitrogens with zero attached hydrogens (tertiary/aromatic N) is 2. The van der Waals surface area contributed by atoms with Crippen LogP contribution in [-0.4, -0.2) is 35.3 Å². The Morgan fingerprint density at radius 2 is 2.04 bits per heavy atom. The molecule has 0 spiro atoms. The topological polar surface area (TPSA) is 82.4 Å². The highest BCUT2D eigenvalue weighted by atomic mass is 32.2. The van der Waals surface area contributed by atoms with Gasteiger partial charge in [0, 0.05) is 11.4 Å². The van der Waals surface area contributed by atoms with E-state index in [1.807, 2.05) is 36.4 Å². The van der Waals surface area contributed by atoms with Crippen LogP contribution in [0, 0.1) is 11.3 Å². The second-order valence-electron chi connectivity index (χ2n) is 5.89. The molecule has 0 bridgehead atoms. The van der Waals surface area contributed by atoms with Crippen LogP contribution in [0.2, 0.25) is 0 Å². The average molecular weight is 381 g/mol. The summed E-state index contributed by atoms with van der Waals surface area (Å²) in [5.74, 6) is 0.0497. The standard InChI is InChI=1S/C20H19N3O3S/c1-2-26-19(24)17-13-27-18(15-8-4-3-5-9-15)23(17)20(25)22-16-10-6-7-14(11-16)12-21/h3-11,17-18H,2,13H2,1H3,(H,22,25). The number of hydrogen-bond donors (Lipinski definition) is 1. The van der Waals surface area contributed by atoms with Gasteiger partial charge < -0.3 is 10.1 Å². The molecule has 1 heterocycles. The van der Waals surface area contributed by atoms with Crippen LogP contribution in [0.5, 0.6) is 0 Å². The summed E-state index contributed by atoms with van der Waals surface area (Å²) in [4.78, 5) is 26.9. The minimum absolute atomic E-state index is 0.260. The first kappa shape index (κ1) is 18.8. The van der Waals surface area contributed by atoms with Gasteiger partial charge in [0.25, 0.3) is 0 Å². The van der Waals surface area contributed by atoms with Gasteiger partial charge in [-0.05, 0) is 30.7 Å². The quantitative estimate of drug-likeness (QED) is 0.815. The van der Waals surface area contributed by atoms with E-state index < -0.39 is 18.0 Å². The number of carbonyl (C=O) groups excluding carboxylic acids is 2. The predicted octanol–water partition coefficient (Wildman–Crippen LogP) is 3.77. The number of hydrogen-bond acceptors (Lipinski definition) is 5. The molecule has 1 aliphatic rings. The molecule has 138 valence electrons. The fraction of sp³-hybridized carbons (Fsp3) is 0.250. The largest absolute Gasteiger partial charge is 0.464 e. The van der Waals surface area contributed by atoms with Crippen molar-refractivity contribution in [3.63, 3.8) is 0 Å². The highest BCUT2D eigenvalue weighted by Gasteiger charge is 2.43. The molecule has 2 aromatic carbocycles. The van der Waals surface area contributed by atoms with E-state index in [1.165, 1.54) is 16.7 Å². The first-order valence-corrected chi connectivity index (χ1v) is 9.61. The minimum Gasteiger partial charge on any atom is -0.464 e.